The molecule has 2 fully saturated rings. The van der Waals surface area contributed by atoms with E-state index >= 15 is 0 Å². The van der Waals surface area contributed by atoms with E-state index in [0.29, 0.717) is 31.8 Å². The molecule has 0 saturated carbocycles. The van der Waals surface area contributed by atoms with Crippen molar-refractivity contribution >= 4 is 15.7 Å². The van der Waals surface area contributed by atoms with E-state index in [1.807, 2.05) is 6.92 Å². The predicted molar refractivity (Wildman–Crippen MR) is 79.3 cm³/mol. The van der Waals surface area contributed by atoms with Crippen LogP contribution in [0, 0.1) is 5.92 Å². The van der Waals surface area contributed by atoms with E-state index in [2.05, 4.69) is 5.32 Å². The highest BCUT2D eigenvalue weighted by Gasteiger charge is 2.37. The van der Waals surface area contributed by atoms with Gasteiger partial charge >= 0.3 is 0 Å². The van der Waals surface area contributed by atoms with E-state index in [-0.39, 0.29) is 11.7 Å². The summed E-state index contributed by atoms with van der Waals surface area (Å²) in [4.78, 5) is 14.3. The van der Waals surface area contributed by atoms with Crippen molar-refractivity contribution in [3.63, 3.8) is 0 Å². The number of hydrogen-bond acceptors (Lipinski definition) is 4. The van der Waals surface area contributed by atoms with Gasteiger partial charge in [-0.15, -0.1) is 0 Å². The SMILES string of the molecule is CCN(CC1CCCNC1)C(=O)C1CCCCS1(=O)=O. The number of hydrogen-bond donors (Lipinski definition) is 1. The third-order valence-electron chi connectivity index (χ3n) is 4.43. The van der Waals surface area contributed by atoms with Crippen molar-refractivity contribution < 1.29 is 13.2 Å². The van der Waals surface area contributed by atoms with Crippen molar-refractivity contribution in [2.75, 3.05) is 31.9 Å². The molecule has 2 unspecified atom stereocenters. The van der Waals surface area contributed by atoms with Gasteiger partial charge in [-0.05, 0) is 51.6 Å². The molecule has 0 aromatic rings. The average Bonchev–Trinajstić information content (AvgIpc) is 2.45. The largest absolute Gasteiger partial charge is 0.342 e. The van der Waals surface area contributed by atoms with Crippen LogP contribution in [-0.4, -0.2) is 56.4 Å². The van der Waals surface area contributed by atoms with Crippen LogP contribution in [0.4, 0.5) is 0 Å². The van der Waals surface area contributed by atoms with Gasteiger partial charge in [0.2, 0.25) is 5.91 Å². The van der Waals surface area contributed by atoms with Crippen LogP contribution in [0.1, 0.15) is 39.0 Å². The summed E-state index contributed by atoms with van der Waals surface area (Å²) in [6.07, 6.45) is 4.30. The monoisotopic (exact) mass is 302 g/mol. The number of piperidine rings is 1. The first-order valence-corrected chi connectivity index (χ1v) is 9.47. The van der Waals surface area contributed by atoms with Gasteiger partial charge in [0.15, 0.2) is 9.84 Å². The van der Waals surface area contributed by atoms with Crippen LogP contribution in [0.2, 0.25) is 0 Å². The van der Waals surface area contributed by atoms with Gasteiger partial charge < -0.3 is 10.2 Å². The molecule has 0 radical (unpaired) electrons. The van der Waals surface area contributed by atoms with Crippen molar-refractivity contribution in [3.05, 3.63) is 0 Å². The van der Waals surface area contributed by atoms with E-state index in [4.69, 9.17) is 0 Å². The zero-order valence-electron chi connectivity index (χ0n) is 12.3. The second-order valence-electron chi connectivity index (χ2n) is 5.94. The van der Waals surface area contributed by atoms with Crippen LogP contribution >= 0.6 is 0 Å². The molecular formula is C14H26N2O3S. The second kappa shape index (κ2) is 6.89. The smallest absolute Gasteiger partial charge is 0.240 e. The minimum absolute atomic E-state index is 0.169. The van der Waals surface area contributed by atoms with Crippen LogP contribution < -0.4 is 5.32 Å². The van der Waals surface area contributed by atoms with Crippen LogP contribution in [0.15, 0.2) is 0 Å². The summed E-state index contributed by atoms with van der Waals surface area (Å²) in [6.45, 7) is 5.20. The molecule has 0 aliphatic carbocycles. The summed E-state index contributed by atoms with van der Waals surface area (Å²) in [5.74, 6) is 0.461. The molecule has 6 heteroatoms. The maximum Gasteiger partial charge on any atom is 0.240 e. The Bertz CT molecular complexity index is 430. The lowest BCUT2D eigenvalue weighted by Gasteiger charge is -2.32. The van der Waals surface area contributed by atoms with E-state index in [1.165, 1.54) is 0 Å². The molecular weight excluding hydrogens is 276 g/mol. The van der Waals surface area contributed by atoms with Gasteiger partial charge in [0.1, 0.15) is 5.25 Å². The zero-order valence-corrected chi connectivity index (χ0v) is 13.1. The fraction of sp³-hybridized carbons (Fsp3) is 0.929. The van der Waals surface area contributed by atoms with Gasteiger partial charge in [-0.3, -0.25) is 4.79 Å². The average molecular weight is 302 g/mol. The van der Waals surface area contributed by atoms with Crippen molar-refractivity contribution in [2.24, 2.45) is 5.92 Å². The molecule has 2 saturated heterocycles. The van der Waals surface area contributed by atoms with Gasteiger partial charge in [0.25, 0.3) is 0 Å². The number of carbonyl (C=O) groups excluding carboxylic acids is 1. The third-order valence-corrected chi connectivity index (χ3v) is 6.59. The molecule has 0 aromatic carbocycles. The Hall–Kier alpha value is -0.620. The van der Waals surface area contributed by atoms with E-state index in [1.54, 1.807) is 4.90 Å². The van der Waals surface area contributed by atoms with Crippen LogP contribution in [0.3, 0.4) is 0 Å². The summed E-state index contributed by atoms with van der Waals surface area (Å²) in [5.41, 5.74) is 0. The molecule has 2 atom stereocenters. The van der Waals surface area contributed by atoms with Gasteiger partial charge in [-0.2, -0.15) is 0 Å². The van der Waals surface area contributed by atoms with Crippen molar-refractivity contribution in [1.82, 2.24) is 10.2 Å². The second-order valence-corrected chi connectivity index (χ2v) is 8.24. The molecule has 2 rings (SSSR count). The lowest BCUT2D eigenvalue weighted by atomic mass is 9.99. The first-order valence-electron chi connectivity index (χ1n) is 7.75. The number of sulfone groups is 1. The molecule has 5 nitrogen and oxygen atoms in total. The Morgan fingerprint density at radius 1 is 1.25 bits per heavy atom. The first kappa shape index (κ1) is 15.8. The number of nitrogens with one attached hydrogen (secondary N) is 1. The minimum Gasteiger partial charge on any atom is -0.342 e. The lowest BCUT2D eigenvalue weighted by molar-refractivity contribution is -0.131. The molecule has 2 aliphatic rings. The van der Waals surface area contributed by atoms with Crippen LogP contribution in [0.25, 0.3) is 0 Å². The highest BCUT2D eigenvalue weighted by molar-refractivity contribution is 7.92. The normalized spacial score (nSPS) is 29.9. The number of rotatable bonds is 4. The molecule has 0 bridgehead atoms. The summed E-state index contributed by atoms with van der Waals surface area (Å²) in [7, 11) is -3.23. The molecule has 1 N–H and O–H groups in total. The third kappa shape index (κ3) is 3.73. The molecule has 2 aliphatic heterocycles. The van der Waals surface area contributed by atoms with E-state index in [9.17, 15) is 13.2 Å². The Balaban J connectivity index is 2.00. The number of carbonyl (C=O) groups is 1. The minimum atomic E-state index is -3.23. The summed E-state index contributed by atoms with van der Waals surface area (Å²) < 4.78 is 24.2. The van der Waals surface area contributed by atoms with Crippen LogP contribution in [-0.2, 0) is 14.6 Å². The van der Waals surface area contributed by atoms with Crippen molar-refractivity contribution in [1.29, 1.82) is 0 Å². The maximum atomic E-state index is 12.5. The summed E-state index contributed by atoms with van der Waals surface area (Å²) in [5, 5.41) is 2.56. The topological polar surface area (TPSA) is 66.5 Å². The molecule has 0 aromatic heterocycles. The van der Waals surface area contributed by atoms with Crippen LogP contribution in [0.5, 0.6) is 0 Å². The molecule has 1 amide bonds. The first-order chi connectivity index (χ1) is 9.54. The highest BCUT2D eigenvalue weighted by atomic mass is 32.2. The van der Waals surface area contributed by atoms with Gasteiger partial charge in [0.05, 0.1) is 5.75 Å². The fourth-order valence-corrected chi connectivity index (χ4v) is 5.07. The van der Waals surface area contributed by atoms with Gasteiger partial charge in [0, 0.05) is 13.1 Å². The zero-order chi connectivity index (χ0) is 14.6. The predicted octanol–water partition coefficient (Wildman–Crippen LogP) is 0.802. The Morgan fingerprint density at radius 2 is 2.05 bits per heavy atom. The Labute approximate surface area is 122 Å². The maximum absolute atomic E-state index is 12.5. The highest BCUT2D eigenvalue weighted by Crippen LogP contribution is 2.22. The Morgan fingerprint density at radius 3 is 2.65 bits per heavy atom. The molecule has 20 heavy (non-hydrogen) atoms. The quantitative estimate of drug-likeness (QED) is 0.834. The Kier molecular flexibility index (Phi) is 5.43. The molecule has 2 heterocycles. The molecule has 0 spiro atoms. The van der Waals surface area contributed by atoms with E-state index < -0.39 is 15.1 Å². The lowest BCUT2D eigenvalue weighted by Crippen LogP contribution is -2.48. The standard InChI is InChI=1S/C14H26N2O3S/c1-2-16(11-12-6-5-8-15-10-12)14(17)13-7-3-4-9-20(13,18)19/h12-13,15H,2-11H2,1H3. The fourth-order valence-electron chi connectivity index (χ4n) is 3.20. The van der Waals surface area contributed by atoms with Gasteiger partial charge in [-0.1, -0.05) is 6.42 Å². The number of amides is 1. The van der Waals surface area contributed by atoms with Crippen molar-refractivity contribution in [2.45, 2.75) is 44.3 Å². The van der Waals surface area contributed by atoms with Gasteiger partial charge in [-0.25, -0.2) is 8.42 Å². The summed E-state index contributed by atoms with van der Waals surface area (Å²) >= 11 is 0. The number of nitrogens with zero attached hydrogens (tertiary/aromatic N) is 1. The van der Waals surface area contributed by atoms with E-state index in [0.717, 1.165) is 32.4 Å². The summed E-state index contributed by atoms with van der Waals surface area (Å²) in [6, 6.07) is 0. The van der Waals surface area contributed by atoms with Crippen molar-refractivity contribution in [3.8, 4) is 0 Å². The molecule has 116 valence electrons.